The average molecular weight is 161 g/mol. The molecule has 0 N–H and O–H groups in total. The zero-order chi connectivity index (χ0) is 7.14. The second-order valence-corrected chi connectivity index (χ2v) is 3.39. The van der Waals surface area contributed by atoms with Crippen molar-refractivity contribution in [2.75, 3.05) is 13.2 Å². The van der Waals surface area contributed by atoms with Crippen molar-refractivity contribution in [3.8, 4) is 0 Å². The SMILES string of the molecule is O=C(Cl)C1C2CCOCC21. The van der Waals surface area contributed by atoms with E-state index in [0.29, 0.717) is 11.8 Å². The number of ether oxygens (including phenoxy) is 1. The maximum Gasteiger partial charge on any atom is 0.225 e. The largest absolute Gasteiger partial charge is 0.381 e. The van der Waals surface area contributed by atoms with Crippen molar-refractivity contribution in [3.05, 3.63) is 0 Å². The number of carbonyl (C=O) groups excluding carboxylic acids is 1. The van der Waals surface area contributed by atoms with Crippen LogP contribution >= 0.6 is 11.6 Å². The maximum absolute atomic E-state index is 10.7. The molecule has 2 rings (SSSR count). The molecule has 0 amide bonds. The molecule has 0 aromatic carbocycles. The Balaban J connectivity index is 1.99. The molecule has 0 bridgehead atoms. The molecule has 1 saturated heterocycles. The van der Waals surface area contributed by atoms with Gasteiger partial charge in [0.2, 0.25) is 5.24 Å². The van der Waals surface area contributed by atoms with E-state index in [2.05, 4.69) is 0 Å². The predicted octanol–water partition coefficient (Wildman–Crippen LogP) is 1.03. The van der Waals surface area contributed by atoms with E-state index in [-0.39, 0.29) is 11.2 Å². The zero-order valence-corrected chi connectivity index (χ0v) is 6.30. The van der Waals surface area contributed by atoms with E-state index in [4.69, 9.17) is 16.3 Å². The fourth-order valence-electron chi connectivity index (χ4n) is 1.84. The molecule has 0 spiro atoms. The number of fused-ring (bicyclic) bond motifs is 1. The van der Waals surface area contributed by atoms with Crippen molar-refractivity contribution in [3.63, 3.8) is 0 Å². The van der Waals surface area contributed by atoms with Gasteiger partial charge < -0.3 is 4.74 Å². The van der Waals surface area contributed by atoms with Gasteiger partial charge in [0.05, 0.1) is 6.61 Å². The minimum atomic E-state index is -0.166. The molecule has 1 saturated carbocycles. The van der Waals surface area contributed by atoms with Gasteiger partial charge in [0, 0.05) is 12.5 Å². The fraction of sp³-hybridized carbons (Fsp3) is 0.857. The Morgan fingerprint density at radius 3 is 2.80 bits per heavy atom. The molecule has 2 aliphatic rings. The normalized spacial score (nSPS) is 44.3. The van der Waals surface area contributed by atoms with Gasteiger partial charge in [-0.3, -0.25) is 4.79 Å². The standard InChI is InChI=1S/C7H9ClO2/c8-7(9)6-4-1-2-10-3-5(4)6/h4-6H,1-3H2. The number of carbonyl (C=O) groups is 1. The van der Waals surface area contributed by atoms with E-state index in [0.717, 1.165) is 19.6 Å². The Morgan fingerprint density at radius 1 is 1.50 bits per heavy atom. The van der Waals surface area contributed by atoms with Crippen molar-refractivity contribution >= 4 is 16.8 Å². The van der Waals surface area contributed by atoms with Crippen LogP contribution in [-0.4, -0.2) is 18.5 Å². The molecule has 3 heteroatoms. The Bertz CT molecular complexity index is 157. The van der Waals surface area contributed by atoms with Crippen molar-refractivity contribution in [2.24, 2.45) is 17.8 Å². The molecule has 0 aromatic heterocycles. The smallest absolute Gasteiger partial charge is 0.225 e. The lowest BCUT2D eigenvalue weighted by Gasteiger charge is -2.07. The summed E-state index contributed by atoms with van der Waals surface area (Å²) >= 11 is 5.36. The van der Waals surface area contributed by atoms with Crippen LogP contribution in [0.25, 0.3) is 0 Å². The van der Waals surface area contributed by atoms with Crippen LogP contribution in [-0.2, 0) is 9.53 Å². The van der Waals surface area contributed by atoms with E-state index >= 15 is 0 Å². The summed E-state index contributed by atoms with van der Waals surface area (Å²) in [6.07, 6.45) is 1.02. The number of hydrogen-bond donors (Lipinski definition) is 0. The number of hydrogen-bond acceptors (Lipinski definition) is 2. The summed E-state index contributed by atoms with van der Waals surface area (Å²) in [5, 5.41) is -0.166. The summed E-state index contributed by atoms with van der Waals surface area (Å²) in [7, 11) is 0. The van der Waals surface area contributed by atoms with Crippen molar-refractivity contribution in [1.29, 1.82) is 0 Å². The van der Waals surface area contributed by atoms with Crippen LogP contribution in [0.1, 0.15) is 6.42 Å². The Kier molecular flexibility index (Phi) is 1.46. The van der Waals surface area contributed by atoms with Gasteiger partial charge in [-0.15, -0.1) is 0 Å². The first-order valence-electron chi connectivity index (χ1n) is 3.58. The molecule has 3 atom stereocenters. The molecule has 10 heavy (non-hydrogen) atoms. The second-order valence-electron chi connectivity index (χ2n) is 3.02. The fourth-order valence-corrected chi connectivity index (χ4v) is 2.17. The van der Waals surface area contributed by atoms with Crippen LogP contribution < -0.4 is 0 Å². The van der Waals surface area contributed by atoms with Gasteiger partial charge in [-0.1, -0.05) is 0 Å². The summed E-state index contributed by atoms with van der Waals surface area (Å²) < 4.78 is 5.19. The first-order valence-corrected chi connectivity index (χ1v) is 3.95. The third-order valence-electron chi connectivity index (χ3n) is 2.50. The van der Waals surface area contributed by atoms with Crippen molar-refractivity contribution in [2.45, 2.75) is 6.42 Å². The molecule has 56 valence electrons. The van der Waals surface area contributed by atoms with Crippen molar-refractivity contribution in [1.82, 2.24) is 0 Å². The minimum absolute atomic E-state index is 0.129. The zero-order valence-electron chi connectivity index (χ0n) is 5.55. The molecule has 1 aliphatic carbocycles. The molecule has 3 unspecified atom stereocenters. The van der Waals surface area contributed by atoms with Gasteiger partial charge in [0.1, 0.15) is 0 Å². The van der Waals surface area contributed by atoms with E-state index in [1.807, 2.05) is 0 Å². The Hall–Kier alpha value is -0.0800. The van der Waals surface area contributed by atoms with Crippen LogP contribution in [0.4, 0.5) is 0 Å². The highest BCUT2D eigenvalue weighted by atomic mass is 35.5. The van der Waals surface area contributed by atoms with Gasteiger partial charge in [0.15, 0.2) is 0 Å². The summed E-state index contributed by atoms with van der Waals surface area (Å²) in [4.78, 5) is 10.7. The summed E-state index contributed by atoms with van der Waals surface area (Å²) in [5.74, 6) is 1.14. The number of rotatable bonds is 1. The summed E-state index contributed by atoms with van der Waals surface area (Å²) in [6.45, 7) is 1.55. The maximum atomic E-state index is 10.7. The molecule has 1 heterocycles. The number of halogens is 1. The van der Waals surface area contributed by atoms with Gasteiger partial charge in [-0.05, 0) is 29.9 Å². The Labute approximate surface area is 64.5 Å². The van der Waals surface area contributed by atoms with Gasteiger partial charge in [-0.2, -0.15) is 0 Å². The first kappa shape index (κ1) is 6.62. The summed E-state index contributed by atoms with van der Waals surface area (Å²) in [5.41, 5.74) is 0. The van der Waals surface area contributed by atoms with E-state index < -0.39 is 0 Å². The molecule has 2 fully saturated rings. The lowest BCUT2D eigenvalue weighted by atomic mass is 10.2. The highest BCUT2D eigenvalue weighted by Gasteiger charge is 2.54. The molecule has 0 radical (unpaired) electrons. The lowest BCUT2D eigenvalue weighted by Crippen LogP contribution is -2.07. The average Bonchev–Trinajstić information content (AvgIpc) is 2.60. The lowest BCUT2D eigenvalue weighted by molar-refractivity contribution is -0.113. The molecular formula is C7H9ClO2. The third-order valence-corrected chi connectivity index (χ3v) is 2.75. The monoisotopic (exact) mass is 160 g/mol. The van der Waals surface area contributed by atoms with Gasteiger partial charge in [0.25, 0.3) is 0 Å². The molecular weight excluding hydrogens is 152 g/mol. The molecule has 1 aliphatic heterocycles. The first-order chi connectivity index (χ1) is 4.80. The quantitative estimate of drug-likeness (QED) is 0.536. The minimum Gasteiger partial charge on any atom is -0.381 e. The Morgan fingerprint density at radius 2 is 2.30 bits per heavy atom. The van der Waals surface area contributed by atoms with Crippen LogP contribution in [0.2, 0.25) is 0 Å². The molecule has 0 aromatic rings. The van der Waals surface area contributed by atoms with E-state index in [9.17, 15) is 4.79 Å². The van der Waals surface area contributed by atoms with Crippen LogP contribution in [0.3, 0.4) is 0 Å². The van der Waals surface area contributed by atoms with Crippen molar-refractivity contribution < 1.29 is 9.53 Å². The topological polar surface area (TPSA) is 26.3 Å². The van der Waals surface area contributed by atoms with E-state index in [1.54, 1.807) is 0 Å². The summed E-state index contributed by atoms with van der Waals surface area (Å²) in [6, 6.07) is 0. The van der Waals surface area contributed by atoms with E-state index in [1.165, 1.54) is 0 Å². The third kappa shape index (κ3) is 0.867. The second kappa shape index (κ2) is 2.21. The van der Waals surface area contributed by atoms with Gasteiger partial charge >= 0.3 is 0 Å². The highest BCUT2D eigenvalue weighted by molar-refractivity contribution is 6.64. The van der Waals surface area contributed by atoms with Crippen LogP contribution in [0.5, 0.6) is 0 Å². The van der Waals surface area contributed by atoms with Crippen LogP contribution in [0, 0.1) is 17.8 Å². The molecule has 2 nitrogen and oxygen atoms in total. The van der Waals surface area contributed by atoms with Gasteiger partial charge in [-0.25, -0.2) is 0 Å². The highest BCUT2D eigenvalue weighted by Crippen LogP contribution is 2.51. The predicted molar refractivity (Wildman–Crippen MR) is 36.8 cm³/mol. The van der Waals surface area contributed by atoms with Crippen LogP contribution in [0.15, 0.2) is 0 Å².